The lowest BCUT2D eigenvalue weighted by atomic mass is 9.97. The molecule has 0 aliphatic carbocycles. The van der Waals surface area contributed by atoms with Crippen molar-refractivity contribution in [2.24, 2.45) is 0 Å². The van der Waals surface area contributed by atoms with Gasteiger partial charge in [-0.2, -0.15) is 22.0 Å². The van der Waals surface area contributed by atoms with E-state index in [1.807, 2.05) is 0 Å². The van der Waals surface area contributed by atoms with Gasteiger partial charge in [0, 0.05) is 35.5 Å². The van der Waals surface area contributed by atoms with Gasteiger partial charge in [0.1, 0.15) is 23.7 Å². The Morgan fingerprint density at radius 2 is 1.80 bits per heavy atom. The third-order valence-corrected chi connectivity index (χ3v) is 7.14. The maximum Gasteiger partial charge on any atom is 0.406 e. The Bertz CT molecular complexity index is 1630. The van der Waals surface area contributed by atoms with Gasteiger partial charge < -0.3 is 19.3 Å². The summed E-state index contributed by atoms with van der Waals surface area (Å²) in [6.07, 6.45) is -1.61. The van der Waals surface area contributed by atoms with E-state index in [2.05, 4.69) is 15.0 Å². The van der Waals surface area contributed by atoms with Crippen LogP contribution in [0.4, 0.5) is 22.0 Å². The molecule has 0 spiro atoms. The molecule has 2 atom stereocenters. The van der Waals surface area contributed by atoms with E-state index in [4.69, 9.17) is 4.74 Å². The molecule has 13 heteroatoms. The maximum absolute atomic E-state index is 13.6. The van der Waals surface area contributed by atoms with Crippen molar-refractivity contribution in [2.45, 2.75) is 50.7 Å². The Hall–Kier alpha value is -4.13. The fraction of sp³-hybridized carbons (Fsp3) is 0.333. The van der Waals surface area contributed by atoms with Crippen LogP contribution < -0.4 is 4.74 Å². The molecule has 208 valence electrons. The number of benzene rings is 2. The lowest BCUT2D eigenvalue weighted by Gasteiger charge is -2.29. The molecule has 0 unspecified atom stereocenters. The number of amides is 1. The Kier molecular flexibility index (Phi) is 5.84. The van der Waals surface area contributed by atoms with Crippen LogP contribution in [-0.4, -0.2) is 54.8 Å². The highest BCUT2D eigenvalue weighted by Gasteiger charge is 2.49. The Morgan fingerprint density at radius 1 is 1.07 bits per heavy atom. The van der Waals surface area contributed by atoms with E-state index in [9.17, 15) is 31.9 Å². The lowest BCUT2D eigenvalue weighted by molar-refractivity contribution is -0.145. The monoisotopic (exact) mass is 559 g/mol. The van der Waals surface area contributed by atoms with Crippen molar-refractivity contribution in [3.63, 3.8) is 0 Å². The van der Waals surface area contributed by atoms with Gasteiger partial charge >= 0.3 is 12.8 Å². The molecule has 2 aromatic heterocycles. The number of ether oxygens (including phenoxy) is 1. The second-order valence-electron chi connectivity index (χ2n) is 10.3. The first-order valence-corrected chi connectivity index (χ1v) is 12.3. The van der Waals surface area contributed by atoms with E-state index < -0.39 is 42.9 Å². The molecule has 4 aromatic rings. The van der Waals surface area contributed by atoms with E-state index >= 15 is 0 Å². The van der Waals surface area contributed by atoms with E-state index in [-0.39, 0.29) is 34.9 Å². The minimum atomic E-state index is -4.70. The van der Waals surface area contributed by atoms with Crippen LogP contribution in [0, 0.1) is 0 Å². The van der Waals surface area contributed by atoms with Gasteiger partial charge in [-0.25, -0.2) is 15.0 Å². The summed E-state index contributed by atoms with van der Waals surface area (Å²) < 4.78 is 74.1. The molecule has 2 aromatic carbocycles. The first-order valence-electron chi connectivity index (χ1n) is 12.3. The van der Waals surface area contributed by atoms with Crippen LogP contribution in [-0.2, 0) is 5.60 Å². The van der Waals surface area contributed by atoms with Gasteiger partial charge in [0.2, 0.25) is 0 Å². The second kappa shape index (κ2) is 8.95. The molecular weight excluding hydrogens is 537 g/mol. The number of aliphatic hydroxyl groups is 1. The predicted octanol–water partition coefficient (Wildman–Crippen LogP) is 5.37. The Labute approximate surface area is 224 Å². The number of hydrogen-bond acceptors (Lipinski definition) is 6. The Balaban J connectivity index is 1.54. The first-order chi connectivity index (χ1) is 18.8. The summed E-state index contributed by atoms with van der Waals surface area (Å²) in [7, 11) is 0. The molecule has 0 saturated heterocycles. The largest absolute Gasteiger partial charge is 0.434 e. The number of imidazole rings is 1. The van der Waals surface area contributed by atoms with E-state index in [1.54, 1.807) is 49.0 Å². The highest BCUT2D eigenvalue weighted by Crippen LogP contribution is 2.51. The fourth-order valence-electron chi connectivity index (χ4n) is 5.53. The van der Waals surface area contributed by atoms with Crippen molar-refractivity contribution < 1.29 is 36.6 Å². The average molecular weight is 559 g/mol. The molecule has 2 bridgehead atoms. The van der Waals surface area contributed by atoms with E-state index in [0.29, 0.717) is 27.1 Å². The minimum absolute atomic E-state index is 0.00429. The third-order valence-electron chi connectivity index (χ3n) is 7.14. The predicted molar refractivity (Wildman–Crippen MR) is 132 cm³/mol. The topological polar surface area (TPSA) is 93.4 Å². The summed E-state index contributed by atoms with van der Waals surface area (Å²) in [5, 5.41) is 10.2. The van der Waals surface area contributed by atoms with Gasteiger partial charge in [0.15, 0.2) is 5.82 Å². The molecule has 40 heavy (non-hydrogen) atoms. The third kappa shape index (κ3) is 4.34. The molecule has 2 aliphatic rings. The standard InChI is InChI=1S/C27H22F5N5O3/c1-26(2,39)24-33-10-14(11-34-24)13-6-7-16-17(8-13)37-18-9-19(22(37)35-16)36(12-27(30,31)32)23(38)15-4-3-5-20(21(15)18)40-25(28)29/h3-8,10-11,18-19,25,39H,9,12H2,1-2H3/t18-,19-/m1/s1. The zero-order valence-corrected chi connectivity index (χ0v) is 21.2. The van der Waals surface area contributed by atoms with Crippen molar-refractivity contribution in [1.82, 2.24) is 24.4 Å². The molecule has 0 saturated carbocycles. The van der Waals surface area contributed by atoms with Gasteiger partial charge in [-0.05, 0) is 43.7 Å². The summed E-state index contributed by atoms with van der Waals surface area (Å²) >= 11 is 0. The number of nitrogens with zero attached hydrogens (tertiary/aromatic N) is 5. The number of aromatic nitrogens is 4. The van der Waals surface area contributed by atoms with Crippen LogP contribution >= 0.6 is 0 Å². The SMILES string of the molecule is CC(C)(O)c1ncc(-c2ccc3nc4n(c3c2)[C@@H]2C[C@H]4N(CC(F)(F)F)C(=O)c3cccc(OC(F)F)c32)cn1. The van der Waals surface area contributed by atoms with Gasteiger partial charge in [0.25, 0.3) is 5.91 Å². The fourth-order valence-corrected chi connectivity index (χ4v) is 5.53. The number of carbonyl (C=O) groups is 1. The van der Waals surface area contributed by atoms with Crippen LogP contribution in [0.25, 0.3) is 22.2 Å². The molecular formula is C27H22F5N5O3. The second-order valence-corrected chi connectivity index (χ2v) is 10.3. The molecule has 2 aliphatic heterocycles. The first kappa shape index (κ1) is 26.1. The summed E-state index contributed by atoms with van der Waals surface area (Å²) in [6, 6.07) is 7.26. The molecule has 0 fully saturated rings. The number of carbonyl (C=O) groups excluding carboxylic acids is 1. The minimum Gasteiger partial charge on any atom is -0.434 e. The summed E-state index contributed by atoms with van der Waals surface area (Å²) in [6.45, 7) is -1.62. The van der Waals surface area contributed by atoms with Crippen LogP contribution in [0.2, 0.25) is 0 Å². The molecule has 0 radical (unpaired) electrons. The molecule has 4 heterocycles. The van der Waals surface area contributed by atoms with Crippen LogP contribution in [0.15, 0.2) is 48.8 Å². The molecule has 6 rings (SSSR count). The van der Waals surface area contributed by atoms with Crippen molar-refractivity contribution in [3.8, 4) is 16.9 Å². The van der Waals surface area contributed by atoms with E-state index in [1.165, 1.54) is 18.2 Å². The van der Waals surface area contributed by atoms with E-state index in [0.717, 1.165) is 0 Å². The Morgan fingerprint density at radius 3 is 2.45 bits per heavy atom. The van der Waals surface area contributed by atoms with Gasteiger partial charge in [-0.15, -0.1) is 0 Å². The average Bonchev–Trinajstić information content (AvgIpc) is 3.39. The number of hydrogen-bond donors (Lipinski definition) is 1. The van der Waals surface area contributed by atoms with Gasteiger partial charge in [-0.1, -0.05) is 12.1 Å². The zero-order valence-electron chi connectivity index (χ0n) is 21.2. The lowest BCUT2D eigenvalue weighted by Crippen LogP contribution is -2.41. The summed E-state index contributed by atoms with van der Waals surface area (Å²) in [5.41, 5.74) is 0.980. The summed E-state index contributed by atoms with van der Waals surface area (Å²) in [5.74, 6) is -0.756. The molecule has 1 amide bonds. The van der Waals surface area contributed by atoms with Crippen LogP contribution in [0.3, 0.4) is 0 Å². The quantitative estimate of drug-likeness (QED) is 0.331. The maximum atomic E-state index is 13.6. The smallest absolute Gasteiger partial charge is 0.406 e. The summed E-state index contributed by atoms with van der Waals surface area (Å²) in [4.78, 5) is 27.2. The molecule has 8 nitrogen and oxygen atoms in total. The van der Waals surface area contributed by atoms with Crippen molar-refractivity contribution >= 4 is 16.9 Å². The van der Waals surface area contributed by atoms with Crippen LogP contribution in [0.5, 0.6) is 5.75 Å². The van der Waals surface area contributed by atoms with Crippen LogP contribution in [0.1, 0.15) is 59.9 Å². The van der Waals surface area contributed by atoms with Crippen molar-refractivity contribution in [3.05, 3.63) is 71.6 Å². The number of halogens is 5. The molecule has 1 N–H and O–H groups in total. The van der Waals surface area contributed by atoms with Crippen molar-refractivity contribution in [2.75, 3.05) is 6.54 Å². The highest BCUT2D eigenvalue weighted by molar-refractivity contribution is 5.98. The number of fused-ring (bicyclic) bond motifs is 9. The number of alkyl halides is 5. The van der Waals surface area contributed by atoms with Gasteiger partial charge in [0.05, 0.1) is 23.1 Å². The van der Waals surface area contributed by atoms with Gasteiger partial charge in [-0.3, -0.25) is 4.79 Å². The highest BCUT2D eigenvalue weighted by atomic mass is 19.4. The number of rotatable bonds is 5. The zero-order chi connectivity index (χ0) is 28.6. The normalized spacial score (nSPS) is 18.7. The van der Waals surface area contributed by atoms with Crippen molar-refractivity contribution in [1.29, 1.82) is 0 Å².